The Morgan fingerprint density at radius 1 is 1.16 bits per heavy atom. The highest BCUT2D eigenvalue weighted by atomic mass is 35.5. The molecular formula is C11H6Cl3N3O2. The van der Waals surface area contributed by atoms with Crippen molar-refractivity contribution < 1.29 is 4.92 Å². The normalized spacial score (nSPS) is 10.3. The van der Waals surface area contributed by atoms with E-state index in [0.717, 1.165) is 6.07 Å². The molecule has 0 bridgehead atoms. The Balaban J connectivity index is 2.41. The Kier molecular flexibility index (Phi) is 4.09. The van der Waals surface area contributed by atoms with E-state index in [-0.39, 0.29) is 16.7 Å². The first kappa shape index (κ1) is 13.9. The number of halogens is 3. The first-order chi connectivity index (χ1) is 8.97. The smallest absolute Gasteiger partial charge is 0.276 e. The van der Waals surface area contributed by atoms with Crippen molar-refractivity contribution in [3.63, 3.8) is 0 Å². The molecule has 2 aromatic rings. The number of aromatic nitrogens is 1. The third kappa shape index (κ3) is 3.26. The number of nitrogens with one attached hydrogen (secondary N) is 1. The highest BCUT2D eigenvalue weighted by Gasteiger charge is 2.12. The number of nitrogens with zero attached hydrogens (tertiary/aromatic N) is 2. The Labute approximate surface area is 123 Å². The fourth-order valence-corrected chi connectivity index (χ4v) is 2.09. The number of hydrogen-bond acceptors (Lipinski definition) is 4. The topological polar surface area (TPSA) is 68.1 Å². The van der Waals surface area contributed by atoms with Gasteiger partial charge < -0.3 is 5.32 Å². The maximum absolute atomic E-state index is 10.7. The number of para-hydroxylation sites is 1. The highest BCUT2D eigenvalue weighted by molar-refractivity contribution is 6.39. The predicted octanol–water partition coefficient (Wildman–Crippen LogP) is 4.69. The van der Waals surface area contributed by atoms with Gasteiger partial charge in [-0.25, -0.2) is 4.98 Å². The van der Waals surface area contributed by atoms with Gasteiger partial charge in [-0.15, -0.1) is 0 Å². The van der Waals surface area contributed by atoms with Gasteiger partial charge in [0.2, 0.25) is 0 Å². The molecule has 1 N–H and O–H groups in total. The van der Waals surface area contributed by atoms with Crippen LogP contribution in [0.4, 0.5) is 17.2 Å². The fraction of sp³-hybridized carbons (Fsp3) is 0. The molecule has 98 valence electrons. The summed E-state index contributed by atoms with van der Waals surface area (Å²) in [5.74, 6) is 0.189. The lowest BCUT2D eigenvalue weighted by Crippen LogP contribution is -1.97. The summed E-state index contributed by atoms with van der Waals surface area (Å²) in [6, 6.07) is 7.35. The van der Waals surface area contributed by atoms with E-state index in [9.17, 15) is 10.1 Å². The van der Waals surface area contributed by atoms with Crippen molar-refractivity contribution in [3.05, 3.63) is 55.6 Å². The van der Waals surface area contributed by atoms with Crippen molar-refractivity contribution in [2.24, 2.45) is 0 Å². The molecule has 0 amide bonds. The molecule has 19 heavy (non-hydrogen) atoms. The van der Waals surface area contributed by atoms with Gasteiger partial charge in [0.15, 0.2) is 0 Å². The third-order valence-electron chi connectivity index (χ3n) is 2.21. The molecule has 0 aliphatic heterocycles. The molecule has 0 atom stereocenters. The summed E-state index contributed by atoms with van der Waals surface area (Å²) in [4.78, 5) is 14.1. The van der Waals surface area contributed by atoms with Gasteiger partial charge in [-0.1, -0.05) is 40.9 Å². The minimum atomic E-state index is -0.563. The SMILES string of the molecule is O=[N+]([O-])c1cc(Cl)nc(Nc2c(Cl)cccc2Cl)c1. The maximum Gasteiger partial charge on any atom is 0.276 e. The van der Waals surface area contributed by atoms with Crippen LogP contribution in [0.1, 0.15) is 0 Å². The van der Waals surface area contributed by atoms with Gasteiger partial charge in [-0.05, 0) is 12.1 Å². The molecule has 0 spiro atoms. The lowest BCUT2D eigenvalue weighted by Gasteiger charge is -2.09. The van der Waals surface area contributed by atoms with Gasteiger partial charge in [0.25, 0.3) is 5.69 Å². The average Bonchev–Trinajstić information content (AvgIpc) is 2.33. The summed E-state index contributed by atoms with van der Waals surface area (Å²) in [6.07, 6.45) is 0. The lowest BCUT2D eigenvalue weighted by atomic mass is 10.3. The molecule has 0 saturated carbocycles. The van der Waals surface area contributed by atoms with Crippen molar-refractivity contribution in [2.75, 3.05) is 5.32 Å². The molecule has 2 rings (SSSR count). The summed E-state index contributed by atoms with van der Waals surface area (Å²) in [5.41, 5.74) is 0.237. The Bertz CT molecular complexity index is 629. The zero-order chi connectivity index (χ0) is 14.0. The van der Waals surface area contributed by atoms with Crippen LogP contribution < -0.4 is 5.32 Å². The number of rotatable bonds is 3. The van der Waals surface area contributed by atoms with Gasteiger partial charge in [0.05, 0.1) is 32.8 Å². The number of nitro groups is 1. The lowest BCUT2D eigenvalue weighted by molar-refractivity contribution is -0.384. The van der Waals surface area contributed by atoms with E-state index in [1.807, 2.05) is 0 Å². The van der Waals surface area contributed by atoms with Crippen molar-refractivity contribution in [2.45, 2.75) is 0 Å². The fourth-order valence-electron chi connectivity index (χ4n) is 1.40. The van der Waals surface area contributed by atoms with Crippen molar-refractivity contribution in [3.8, 4) is 0 Å². The van der Waals surface area contributed by atoms with Crippen molar-refractivity contribution in [1.82, 2.24) is 4.98 Å². The van der Waals surface area contributed by atoms with E-state index in [2.05, 4.69) is 10.3 Å². The number of pyridine rings is 1. The first-order valence-corrected chi connectivity index (χ1v) is 6.14. The molecule has 8 heteroatoms. The van der Waals surface area contributed by atoms with Crippen LogP contribution in [0.2, 0.25) is 15.2 Å². The van der Waals surface area contributed by atoms with E-state index in [0.29, 0.717) is 15.7 Å². The van der Waals surface area contributed by atoms with Crippen LogP contribution in [-0.4, -0.2) is 9.91 Å². The van der Waals surface area contributed by atoms with Crippen LogP contribution in [0.25, 0.3) is 0 Å². The summed E-state index contributed by atoms with van der Waals surface area (Å²) >= 11 is 17.7. The van der Waals surface area contributed by atoms with Crippen LogP contribution in [0.3, 0.4) is 0 Å². The monoisotopic (exact) mass is 317 g/mol. The van der Waals surface area contributed by atoms with Gasteiger partial charge in [0, 0.05) is 0 Å². The van der Waals surface area contributed by atoms with Crippen LogP contribution >= 0.6 is 34.8 Å². The van der Waals surface area contributed by atoms with E-state index in [1.54, 1.807) is 18.2 Å². The zero-order valence-electron chi connectivity index (χ0n) is 9.23. The summed E-state index contributed by atoms with van der Waals surface area (Å²) in [6.45, 7) is 0. The minimum absolute atomic E-state index is 0.000115. The molecular weight excluding hydrogens is 312 g/mol. The van der Waals surface area contributed by atoms with Gasteiger partial charge in [-0.2, -0.15) is 0 Å². The van der Waals surface area contributed by atoms with E-state index in [4.69, 9.17) is 34.8 Å². The molecule has 1 aromatic carbocycles. The van der Waals surface area contributed by atoms with Crippen molar-refractivity contribution >= 4 is 52.0 Å². The summed E-state index contributed by atoms with van der Waals surface area (Å²) < 4.78 is 0. The zero-order valence-corrected chi connectivity index (χ0v) is 11.5. The quantitative estimate of drug-likeness (QED) is 0.506. The second-order valence-corrected chi connectivity index (χ2v) is 4.71. The molecule has 0 fully saturated rings. The Morgan fingerprint density at radius 2 is 1.79 bits per heavy atom. The first-order valence-electron chi connectivity index (χ1n) is 5.00. The van der Waals surface area contributed by atoms with E-state index in [1.165, 1.54) is 6.07 Å². The molecule has 1 aromatic heterocycles. The number of benzene rings is 1. The average molecular weight is 319 g/mol. The molecule has 0 unspecified atom stereocenters. The molecule has 0 aliphatic carbocycles. The standard InChI is InChI=1S/C11H6Cl3N3O2/c12-7-2-1-3-8(13)11(7)16-10-5-6(17(18)19)4-9(14)15-10/h1-5H,(H,15,16). The van der Waals surface area contributed by atoms with Gasteiger partial charge in [-0.3, -0.25) is 10.1 Å². The summed E-state index contributed by atoms with van der Waals surface area (Å²) in [5, 5.41) is 14.3. The molecule has 1 heterocycles. The maximum atomic E-state index is 10.7. The summed E-state index contributed by atoms with van der Waals surface area (Å²) in [7, 11) is 0. The van der Waals surface area contributed by atoms with Gasteiger partial charge >= 0.3 is 0 Å². The minimum Gasteiger partial charge on any atom is -0.338 e. The largest absolute Gasteiger partial charge is 0.338 e. The predicted molar refractivity (Wildman–Crippen MR) is 75.6 cm³/mol. The molecule has 0 saturated heterocycles. The number of hydrogen-bond donors (Lipinski definition) is 1. The molecule has 0 radical (unpaired) electrons. The second-order valence-electron chi connectivity index (χ2n) is 3.51. The third-order valence-corrected chi connectivity index (χ3v) is 3.03. The van der Waals surface area contributed by atoms with Crippen LogP contribution in [0.5, 0.6) is 0 Å². The van der Waals surface area contributed by atoms with E-state index >= 15 is 0 Å². The second kappa shape index (κ2) is 5.61. The Hall–Kier alpha value is -1.56. The Morgan fingerprint density at radius 3 is 2.37 bits per heavy atom. The highest BCUT2D eigenvalue weighted by Crippen LogP contribution is 2.33. The van der Waals surface area contributed by atoms with Crippen LogP contribution in [0, 0.1) is 10.1 Å². The van der Waals surface area contributed by atoms with Crippen LogP contribution in [-0.2, 0) is 0 Å². The van der Waals surface area contributed by atoms with Crippen molar-refractivity contribution in [1.29, 1.82) is 0 Å². The molecule has 0 aliphatic rings. The van der Waals surface area contributed by atoms with Crippen LogP contribution in [0.15, 0.2) is 30.3 Å². The number of anilines is 2. The molecule has 5 nitrogen and oxygen atoms in total. The van der Waals surface area contributed by atoms with E-state index < -0.39 is 4.92 Å². The van der Waals surface area contributed by atoms with Gasteiger partial charge in [0.1, 0.15) is 11.0 Å².